The Morgan fingerprint density at radius 1 is 1.12 bits per heavy atom. The van der Waals surface area contributed by atoms with Crippen LogP contribution >= 0.6 is 0 Å². The third-order valence-electron chi connectivity index (χ3n) is 4.28. The minimum Gasteiger partial charge on any atom is -0.377 e. The topological polar surface area (TPSA) is 63.7 Å². The monoisotopic (exact) mass is 345 g/mol. The van der Waals surface area contributed by atoms with Gasteiger partial charge in [0.25, 0.3) is 10.0 Å². The molecule has 5 nitrogen and oxygen atoms in total. The van der Waals surface area contributed by atoms with Gasteiger partial charge in [0, 0.05) is 24.8 Å². The number of Topliss-reactive ketones (excluding diaryl/α,β-unsaturated/α-hetero) is 1. The molecule has 0 N–H and O–H groups in total. The van der Waals surface area contributed by atoms with E-state index < -0.39 is 10.0 Å². The van der Waals surface area contributed by atoms with Crippen LogP contribution in [0.4, 0.5) is 5.69 Å². The van der Waals surface area contributed by atoms with Crippen LogP contribution in [0.3, 0.4) is 0 Å². The smallest absolute Gasteiger partial charge is 0.264 e. The maximum atomic E-state index is 13.0. The second-order valence-electron chi connectivity index (χ2n) is 5.73. The number of sulfonamides is 1. The van der Waals surface area contributed by atoms with Crippen molar-refractivity contribution in [2.75, 3.05) is 18.0 Å². The van der Waals surface area contributed by atoms with Gasteiger partial charge in [-0.05, 0) is 31.5 Å². The molecule has 0 amide bonds. The summed E-state index contributed by atoms with van der Waals surface area (Å²) in [5.74, 6) is -0.0924. The fourth-order valence-corrected chi connectivity index (χ4v) is 4.49. The van der Waals surface area contributed by atoms with E-state index in [4.69, 9.17) is 4.74 Å². The van der Waals surface area contributed by atoms with Crippen LogP contribution < -0.4 is 4.31 Å². The first-order valence-corrected chi connectivity index (χ1v) is 9.14. The molecule has 2 aromatic carbocycles. The minimum absolute atomic E-state index is 0.0924. The van der Waals surface area contributed by atoms with Gasteiger partial charge < -0.3 is 4.74 Å². The van der Waals surface area contributed by atoms with Crippen molar-refractivity contribution in [3.05, 3.63) is 59.7 Å². The first-order valence-electron chi connectivity index (χ1n) is 7.70. The van der Waals surface area contributed by atoms with Crippen molar-refractivity contribution in [3.8, 4) is 0 Å². The van der Waals surface area contributed by atoms with Crippen molar-refractivity contribution in [1.29, 1.82) is 0 Å². The Morgan fingerprint density at radius 2 is 1.79 bits per heavy atom. The number of benzene rings is 2. The molecular weight excluding hydrogens is 326 g/mol. The molecule has 0 aromatic heterocycles. The molecule has 1 unspecified atom stereocenters. The zero-order chi connectivity index (χ0) is 17.3. The molecule has 0 fully saturated rings. The van der Waals surface area contributed by atoms with Crippen LogP contribution in [0.1, 0.15) is 35.4 Å². The SMILES string of the molecule is COC1CCN(S(=O)(=O)c2ccc(C(C)=O)cc2)c2ccccc21. The fourth-order valence-electron chi connectivity index (χ4n) is 2.98. The van der Waals surface area contributed by atoms with Crippen molar-refractivity contribution in [1.82, 2.24) is 0 Å². The molecular formula is C18H19NO4S. The molecule has 0 spiro atoms. The number of methoxy groups -OCH3 is 1. The second kappa shape index (κ2) is 6.37. The van der Waals surface area contributed by atoms with Crippen LogP contribution in [0.2, 0.25) is 0 Å². The van der Waals surface area contributed by atoms with Crippen LogP contribution in [-0.2, 0) is 14.8 Å². The standard InChI is InChI=1S/C18H19NO4S/c1-13(20)14-7-9-15(10-8-14)24(21,22)19-12-11-18(23-2)16-5-3-4-6-17(16)19/h3-10,18H,11-12H2,1-2H3. The Hall–Kier alpha value is -2.18. The summed E-state index contributed by atoms with van der Waals surface area (Å²) in [6.45, 7) is 1.81. The summed E-state index contributed by atoms with van der Waals surface area (Å²) in [7, 11) is -2.05. The van der Waals surface area contributed by atoms with Gasteiger partial charge in [0.15, 0.2) is 5.78 Å². The van der Waals surface area contributed by atoms with Crippen LogP contribution in [0.15, 0.2) is 53.4 Å². The normalized spacial score (nSPS) is 17.4. The third kappa shape index (κ3) is 2.83. The predicted molar refractivity (Wildman–Crippen MR) is 91.8 cm³/mol. The van der Waals surface area contributed by atoms with Gasteiger partial charge in [-0.25, -0.2) is 8.42 Å². The van der Waals surface area contributed by atoms with Gasteiger partial charge in [-0.3, -0.25) is 9.10 Å². The molecule has 0 saturated carbocycles. The summed E-state index contributed by atoms with van der Waals surface area (Å²) < 4.78 is 32.9. The van der Waals surface area contributed by atoms with Gasteiger partial charge in [0.1, 0.15) is 0 Å². The lowest BCUT2D eigenvalue weighted by Gasteiger charge is -2.34. The first kappa shape index (κ1) is 16.7. The lowest BCUT2D eigenvalue weighted by Crippen LogP contribution is -2.37. The van der Waals surface area contributed by atoms with Crippen molar-refractivity contribution in [2.24, 2.45) is 0 Å². The maximum absolute atomic E-state index is 13.0. The average Bonchev–Trinajstić information content (AvgIpc) is 2.60. The minimum atomic E-state index is -3.68. The fraction of sp³-hybridized carbons (Fsp3) is 0.278. The number of para-hydroxylation sites is 1. The summed E-state index contributed by atoms with van der Waals surface area (Å²) in [5, 5.41) is 0. The molecule has 0 bridgehead atoms. The Balaban J connectivity index is 2.02. The lowest BCUT2D eigenvalue weighted by molar-refractivity contribution is 0.0951. The third-order valence-corrected chi connectivity index (χ3v) is 6.11. The van der Waals surface area contributed by atoms with Gasteiger partial charge >= 0.3 is 0 Å². The molecule has 0 aliphatic carbocycles. The summed E-state index contributed by atoms with van der Waals surface area (Å²) in [4.78, 5) is 11.5. The van der Waals surface area contributed by atoms with E-state index in [1.54, 1.807) is 25.3 Å². The van der Waals surface area contributed by atoms with Crippen molar-refractivity contribution < 1.29 is 17.9 Å². The predicted octanol–water partition coefficient (Wildman–Crippen LogP) is 3.18. The van der Waals surface area contributed by atoms with E-state index in [0.717, 1.165) is 5.56 Å². The van der Waals surface area contributed by atoms with E-state index in [2.05, 4.69) is 0 Å². The number of anilines is 1. The highest BCUT2D eigenvalue weighted by Gasteiger charge is 2.32. The largest absolute Gasteiger partial charge is 0.377 e. The summed E-state index contributed by atoms with van der Waals surface area (Å²) in [6.07, 6.45) is 0.492. The number of ketones is 1. The highest BCUT2D eigenvalue weighted by molar-refractivity contribution is 7.92. The number of carbonyl (C=O) groups excluding carboxylic acids is 1. The van der Waals surface area contributed by atoms with Crippen LogP contribution in [0.5, 0.6) is 0 Å². The van der Waals surface area contributed by atoms with Crippen LogP contribution in [0.25, 0.3) is 0 Å². The molecule has 1 aliphatic rings. The highest BCUT2D eigenvalue weighted by Crippen LogP contribution is 2.38. The number of rotatable bonds is 4. The number of carbonyl (C=O) groups is 1. The number of hydrogen-bond donors (Lipinski definition) is 0. The van der Waals surface area contributed by atoms with E-state index in [1.165, 1.54) is 23.4 Å². The summed E-state index contributed by atoms with van der Waals surface area (Å²) in [6, 6.07) is 13.4. The van der Waals surface area contributed by atoms with Gasteiger partial charge in [-0.2, -0.15) is 0 Å². The quantitative estimate of drug-likeness (QED) is 0.799. The first-order chi connectivity index (χ1) is 11.4. The van der Waals surface area contributed by atoms with Crippen molar-refractivity contribution in [3.63, 3.8) is 0 Å². The molecule has 24 heavy (non-hydrogen) atoms. The molecule has 1 heterocycles. The zero-order valence-corrected chi connectivity index (χ0v) is 14.4. The molecule has 2 aromatic rings. The molecule has 1 atom stereocenters. The van der Waals surface area contributed by atoms with E-state index in [-0.39, 0.29) is 16.8 Å². The summed E-state index contributed by atoms with van der Waals surface area (Å²) >= 11 is 0. The van der Waals surface area contributed by atoms with Crippen LogP contribution in [0, 0.1) is 0 Å². The van der Waals surface area contributed by atoms with Crippen molar-refractivity contribution in [2.45, 2.75) is 24.3 Å². The molecule has 126 valence electrons. The van der Waals surface area contributed by atoms with Crippen LogP contribution in [-0.4, -0.2) is 27.9 Å². The Kier molecular flexibility index (Phi) is 4.43. The second-order valence-corrected chi connectivity index (χ2v) is 7.59. The number of fused-ring (bicyclic) bond motifs is 1. The van der Waals surface area contributed by atoms with E-state index in [9.17, 15) is 13.2 Å². The molecule has 1 aliphatic heterocycles. The Labute approximate surface area is 141 Å². The maximum Gasteiger partial charge on any atom is 0.264 e. The van der Waals surface area contributed by atoms with E-state index in [0.29, 0.717) is 24.2 Å². The van der Waals surface area contributed by atoms with Gasteiger partial charge in [-0.1, -0.05) is 30.3 Å². The van der Waals surface area contributed by atoms with Gasteiger partial charge in [0.05, 0.1) is 16.7 Å². The number of hydrogen-bond acceptors (Lipinski definition) is 4. The van der Waals surface area contributed by atoms with Gasteiger partial charge in [-0.15, -0.1) is 0 Å². The number of ether oxygens (including phenoxy) is 1. The van der Waals surface area contributed by atoms with Gasteiger partial charge in [0.2, 0.25) is 0 Å². The lowest BCUT2D eigenvalue weighted by atomic mass is 10.0. The Morgan fingerprint density at radius 3 is 2.42 bits per heavy atom. The molecule has 0 saturated heterocycles. The molecule has 3 rings (SSSR count). The average molecular weight is 345 g/mol. The summed E-state index contributed by atoms with van der Waals surface area (Å²) in [5.41, 5.74) is 2.01. The Bertz CT molecular complexity index is 859. The number of nitrogens with zero attached hydrogens (tertiary/aromatic N) is 1. The molecule has 6 heteroatoms. The van der Waals surface area contributed by atoms with E-state index in [1.807, 2.05) is 18.2 Å². The van der Waals surface area contributed by atoms with E-state index >= 15 is 0 Å². The van der Waals surface area contributed by atoms with Crippen molar-refractivity contribution >= 4 is 21.5 Å². The zero-order valence-electron chi connectivity index (χ0n) is 13.6. The molecule has 0 radical (unpaired) electrons. The highest BCUT2D eigenvalue weighted by atomic mass is 32.2.